The number of benzene rings is 2. The van der Waals surface area contributed by atoms with Crippen LogP contribution in [0.15, 0.2) is 48.5 Å². The van der Waals surface area contributed by atoms with Gasteiger partial charge in [0.15, 0.2) is 0 Å². The van der Waals surface area contributed by atoms with Crippen LogP contribution in [0.1, 0.15) is 30.4 Å². The Morgan fingerprint density at radius 2 is 1.77 bits per heavy atom. The number of ether oxygens (including phenoxy) is 2. The Morgan fingerprint density at radius 1 is 1.10 bits per heavy atom. The minimum Gasteiger partial charge on any atom is -0.497 e. The van der Waals surface area contributed by atoms with Crippen molar-refractivity contribution in [3.8, 4) is 5.75 Å². The zero-order valence-corrected chi connectivity index (χ0v) is 17.5. The average molecular weight is 408 g/mol. The number of hydrogen-bond acceptors (Lipinski definition) is 4. The summed E-state index contributed by atoms with van der Waals surface area (Å²) in [5.41, 5.74) is 2.27. The molecule has 0 aliphatic carbocycles. The first kappa shape index (κ1) is 20.4. The summed E-state index contributed by atoms with van der Waals surface area (Å²) >= 11 is 0. The van der Waals surface area contributed by atoms with E-state index >= 15 is 0 Å². The van der Waals surface area contributed by atoms with Crippen LogP contribution in [-0.2, 0) is 19.7 Å². The van der Waals surface area contributed by atoms with E-state index in [1.807, 2.05) is 55.5 Å². The number of carbonyl (C=O) groups excluding carboxylic acids is 2. The smallest absolute Gasteiger partial charge is 0.249 e. The molecule has 158 valence electrons. The Hall–Kier alpha value is -2.86. The lowest BCUT2D eigenvalue weighted by atomic mass is 9.73. The van der Waals surface area contributed by atoms with Crippen molar-refractivity contribution in [1.82, 2.24) is 5.32 Å². The lowest BCUT2D eigenvalue weighted by Crippen LogP contribution is -2.52. The maximum absolute atomic E-state index is 13.5. The third-order valence-electron chi connectivity index (χ3n) is 6.28. The average Bonchev–Trinajstić information content (AvgIpc) is 3.15. The van der Waals surface area contributed by atoms with Gasteiger partial charge in [-0.2, -0.15) is 0 Å². The van der Waals surface area contributed by atoms with Gasteiger partial charge < -0.3 is 19.7 Å². The van der Waals surface area contributed by atoms with Gasteiger partial charge in [0.05, 0.1) is 12.5 Å². The molecule has 2 aromatic carbocycles. The van der Waals surface area contributed by atoms with Gasteiger partial charge in [0.1, 0.15) is 11.8 Å². The molecule has 4 rings (SSSR count). The number of amides is 2. The normalized spacial score (nSPS) is 20.8. The molecule has 1 unspecified atom stereocenters. The molecule has 0 radical (unpaired) electrons. The van der Waals surface area contributed by atoms with Gasteiger partial charge in [0, 0.05) is 25.4 Å². The highest BCUT2D eigenvalue weighted by atomic mass is 16.5. The SMILES string of the molecule is COc1ccc(C2(C(=O)NC3CCN(c4ccc(C)cc4)C3=O)CCOCC2)cc1. The molecule has 2 aliphatic heterocycles. The second-order valence-corrected chi connectivity index (χ2v) is 8.06. The van der Waals surface area contributed by atoms with Crippen molar-refractivity contribution in [2.75, 3.05) is 31.8 Å². The van der Waals surface area contributed by atoms with Crippen LogP contribution in [0.4, 0.5) is 5.69 Å². The molecule has 2 fully saturated rings. The summed E-state index contributed by atoms with van der Waals surface area (Å²) in [6.07, 6.45) is 1.79. The molecule has 0 spiro atoms. The van der Waals surface area contributed by atoms with Gasteiger partial charge in [-0.25, -0.2) is 0 Å². The van der Waals surface area contributed by atoms with Crippen molar-refractivity contribution < 1.29 is 19.1 Å². The minimum atomic E-state index is -0.692. The Labute approximate surface area is 177 Å². The Morgan fingerprint density at radius 3 is 2.40 bits per heavy atom. The van der Waals surface area contributed by atoms with E-state index in [0.29, 0.717) is 39.0 Å². The molecule has 6 heteroatoms. The summed E-state index contributed by atoms with van der Waals surface area (Å²) < 4.78 is 10.8. The van der Waals surface area contributed by atoms with E-state index < -0.39 is 11.5 Å². The molecule has 2 heterocycles. The molecular weight excluding hydrogens is 380 g/mol. The van der Waals surface area contributed by atoms with Crippen LogP contribution in [-0.4, -0.2) is 44.7 Å². The first-order valence-electron chi connectivity index (χ1n) is 10.4. The van der Waals surface area contributed by atoms with Crippen LogP contribution in [0.5, 0.6) is 5.75 Å². The number of rotatable bonds is 5. The van der Waals surface area contributed by atoms with Crippen LogP contribution in [0, 0.1) is 6.92 Å². The van der Waals surface area contributed by atoms with Gasteiger partial charge in [-0.05, 0) is 56.0 Å². The molecular formula is C24H28N2O4. The Kier molecular flexibility index (Phi) is 5.77. The van der Waals surface area contributed by atoms with Gasteiger partial charge >= 0.3 is 0 Å². The predicted molar refractivity (Wildman–Crippen MR) is 115 cm³/mol. The highest BCUT2D eigenvalue weighted by molar-refractivity contribution is 6.02. The number of carbonyl (C=O) groups is 2. The van der Waals surface area contributed by atoms with Crippen LogP contribution in [0.3, 0.4) is 0 Å². The fourth-order valence-electron chi connectivity index (χ4n) is 4.37. The summed E-state index contributed by atoms with van der Waals surface area (Å²) in [5.74, 6) is 0.602. The standard InChI is InChI=1S/C24H28N2O4/c1-17-3-7-19(8-4-17)26-14-11-21(22(26)27)25-23(28)24(12-15-30-16-13-24)18-5-9-20(29-2)10-6-18/h3-10,21H,11-16H2,1-2H3,(H,25,28). The minimum absolute atomic E-state index is 0.0517. The number of methoxy groups -OCH3 is 1. The zero-order chi connectivity index (χ0) is 21.1. The van der Waals surface area contributed by atoms with Crippen molar-refractivity contribution in [3.05, 3.63) is 59.7 Å². The molecule has 30 heavy (non-hydrogen) atoms. The highest BCUT2D eigenvalue weighted by Gasteiger charge is 2.44. The van der Waals surface area contributed by atoms with Crippen molar-refractivity contribution >= 4 is 17.5 Å². The second kappa shape index (κ2) is 8.48. The number of anilines is 1. The summed E-state index contributed by atoms with van der Waals surface area (Å²) in [7, 11) is 1.62. The fourth-order valence-corrected chi connectivity index (χ4v) is 4.37. The Balaban J connectivity index is 1.52. The highest BCUT2D eigenvalue weighted by Crippen LogP contribution is 2.36. The van der Waals surface area contributed by atoms with E-state index in [1.165, 1.54) is 0 Å². The van der Waals surface area contributed by atoms with Crippen LogP contribution in [0.2, 0.25) is 0 Å². The van der Waals surface area contributed by atoms with E-state index in [0.717, 1.165) is 22.6 Å². The van der Waals surface area contributed by atoms with Crippen molar-refractivity contribution in [1.29, 1.82) is 0 Å². The topological polar surface area (TPSA) is 67.9 Å². The largest absolute Gasteiger partial charge is 0.497 e. The molecule has 2 aromatic rings. The second-order valence-electron chi connectivity index (χ2n) is 8.06. The number of hydrogen-bond donors (Lipinski definition) is 1. The molecule has 0 aromatic heterocycles. The van der Waals surface area contributed by atoms with Crippen LogP contribution < -0.4 is 15.0 Å². The zero-order valence-electron chi connectivity index (χ0n) is 17.5. The first-order valence-corrected chi connectivity index (χ1v) is 10.4. The maximum Gasteiger partial charge on any atom is 0.249 e. The van der Waals surface area contributed by atoms with Gasteiger partial charge in [-0.15, -0.1) is 0 Å². The third-order valence-corrected chi connectivity index (χ3v) is 6.28. The van der Waals surface area contributed by atoms with E-state index in [2.05, 4.69) is 5.32 Å². The van der Waals surface area contributed by atoms with E-state index in [9.17, 15) is 9.59 Å². The Bertz CT molecular complexity index is 902. The van der Waals surface area contributed by atoms with Gasteiger partial charge in [0.2, 0.25) is 11.8 Å². The van der Waals surface area contributed by atoms with E-state index in [-0.39, 0.29) is 11.8 Å². The molecule has 6 nitrogen and oxygen atoms in total. The summed E-state index contributed by atoms with van der Waals surface area (Å²) in [6.45, 7) is 3.66. The summed E-state index contributed by atoms with van der Waals surface area (Å²) in [5, 5.41) is 3.06. The van der Waals surface area contributed by atoms with Crippen molar-refractivity contribution in [2.45, 2.75) is 37.6 Å². The number of nitrogens with one attached hydrogen (secondary N) is 1. The van der Waals surface area contributed by atoms with E-state index in [1.54, 1.807) is 12.0 Å². The van der Waals surface area contributed by atoms with Gasteiger partial charge in [-0.3, -0.25) is 9.59 Å². The summed E-state index contributed by atoms with van der Waals surface area (Å²) in [6, 6.07) is 15.0. The van der Waals surface area contributed by atoms with Crippen LogP contribution >= 0.6 is 0 Å². The lowest BCUT2D eigenvalue weighted by Gasteiger charge is -2.37. The number of nitrogens with zero attached hydrogens (tertiary/aromatic N) is 1. The maximum atomic E-state index is 13.5. The van der Waals surface area contributed by atoms with Crippen molar-refractivity contribution in [3.63, 3.8) is 0 Å². The number of aryl methyl sites for hydroxylation is 1. The first-order chi connectivity index (χ1) is 14.5. The molecule has 1 N–H and O–H groups in total. The quantitative estimate of drug-likeness (QED) is 0.826. The monoisotopic (exact) mass is 408 g/mol. The van der Waals surface area contributed by atoms with Crippen molar-refractivity contribution in [2.24, 2.45) is 0 Å². The molecule has 2 amide bonds. The van der Waals surface area contributed by atoms with Gasteiger partial charge in [0.25, 0.3) is 0 Å². The van der Waals surface area contributed by atoms with Crippen LogP contribution in [0.25, 0.3) is 0 Å². The molecule has 0 saturated carbocycles. The third kappa shape index (κ3) is 3.79. The predicted octanol–water partition coefficient (Wildman–Crippen LogP) is 2.97. The molecule has 2 aliphatic rings. The molecule has 2 saturated heterocycles. The lowest BCUT2D eigenvalue weighted by molar-refractivity contribution is -0.133. The molecule has 0 bridgehead atoms. The fraction of sp³-hybridized carbons (Fsp3) is 0.417. The van der Waals surface area contributed by atoms with E-state index in [4.69, 9.17) is 9.47 Å². The summed E-state index contributed by atoms with van der Waals surface area (Å²) in [4.78, 5) is 28.3. The van der Waals surface area contributed by atoms with Gasteiger partial charge in [-0.1, -0.05) is 29.8 Å². The molecule has 1 atom stereocenters.